The summed E-state index contributed by atoms with van der Waals surface area (Å²) in [5, 5.41) is 13.2. The first-order chi connectivity index (χ1) is 6.91. The molecule has 0 heterocycles. The number of anilines is 1. The third kappa shape index (κ3) is 2.52. The van der Waals surface area contributed by atoms with Crippen LogP contribution in [0.2, 0.25) is 0 Å². The molecular formula is C10H12N2O3. The molecule has 0 saturated heterocycles. The molecule has 5 nitrogen and oxygen atoms in total. The maximum Gasteiger partial charge on any atom is 0.274 e. The lowest BCUT2D eigenvalue weighted by Crippen LogP contribution is -2.08. The largest absolute Gasteiger partial charge is 0.326 e. The first kappa shape index (κ1) is 11.2. The number of hydrogen-bond donors (Lipinski definition) is 1. The number of nitro groups is 1. The second kappa shape index (κ2) is 4.08. The van der Waals surface area contributed by atoms with Crippen LogP contribution in [0.25, 0.3) is 0 Å². The fraction of sp³-hybridized carbons (Fsp3) is 0.300. The van der Waals surface area contributed by atoms with Crippen molar-refractivity contribution in [3.05, 3.63) is 33.4 Å². The fourth-order valence-corrected chi connectivity index (χ4v) is 1.36. The molecule has 0 radical (unpaired) electrons. The molecule has 0 aliphatic heterocycles. The normalized spacial score (nSPS) is 9.80. The molecule has 15 heavy (non-hydrogen) atoms. The maximum absolute atomic E-state index is 10.9. The molecule has 1 amide bonds. The summed E-state index contributed by atoms with van der Waals surface area (Å²) in [6, 6.07) is 3.06. The monoisotopic (exact) mass is 208 g/mol. The quantitative estimate of drug-likeness (QED) is 0.598. The van der Waals surface area contributed by atoms with Crippen LogP contribution in [0.5, 0.6) is 0 Å². The minimum absolute atomic E-state index is 0.0179. The third-order valence-electron chi connectivity index (χ3n) is 2.05. The molecule has 0 aliphatic rings. The standard InChI is InChI=1S/C10H12N2O3/c1-6-4-7(2)10(12(14)15)5-9(6)11-8(3)13/h4-5H,1-3H3,(H,11,13). The summed E-state index contributed by atoms with van der Waals surface area (Å²) in [7, 11) is 0. The first-order valence-electron chi connectivity index (χ1n) is 4.45. The molecule has 1 N–H and O–H groups in total. The minimum atomic E-state index is -0.458. The van der Waals surface area contributed by atoms with Crippen molar-refractivity contribution in [3.63, 3.8) is 0 Å². The number of carbonyl (C=O) groups excluding carboxylic acids is 1. The summed E-state index contributed by atoms with van der Waals surface area (Å²) < 4.78 is 0. The first-order valence-corrected chi connectivity index (χ1v) is 4.45. The van der Waals surface area contributed by atoms with E-state index in [0.29, 0.717) is 11.3 Å². The van der Waals surface area contributed by atoms with Crippen LogP contribution in [0.3, 0.4) is 0 Å². The lowest BCUT2D eigenvalue weighted by Gasteiger charge is -2.07. The summed E-state index contributed by atoms with van der Waals surface area (Å²) in [6.45, 7) is 4.83. The molecule has 0 spiro atoms. The van der Waals surface area contributed by atoms with Crippen LogP contribution < -0.4 is 5.32 Å². The van der Waals surface area contributed by atoms with Crippen LogP contribution in [0.15, 0.2) is 12.1 Å². The van der Waals surface area contributed by atoms with Crippen molar-refractivity contribution in [1.82, 2.24) is 0 Å². The van der Waals surface area contributed by atoms with Gasteiger partial charge < -0.3 is 5.32 Å². The Morgan fingerprint density at radius 2 is 1.93 bits per heavy atom. The van der Waals surface area contributed by atoms with Gasteiger partial charge in [-0.2, -0.15) is 0 Å². The van der Waals surface area contributed by atoms with Crippen molar-refractivity contribution in [2.45, 2.75) is 20.8 Å². The smallest absolute Gasteiger partial charge is 0.274 e. The van der Waals surface area contributed by atoms with E-state index in [0.717, 1.165) is 5.56 Å². The Morgan fingerprint density at radius 3 is 2.40 bits per heavy atom. The van der Waals surface area contributed by atoms with E-state index in [2.05, 4.69) is 5.32 Å². The number of amides is 1. The van der Waals surface area contributed by atoms with E-state index in [1.165, 1.54) is 13.0 Å². The van der Waals surface area contributed by atoms with Crippen LogP contribution >= 0.6 is 0 Å². The molecule has 0 unspecified atom stereocenters. The van der Waals surface area contributed by atoms with E-state index in [9.17, 15) is 14.9 Å². The summed E-state index contributed by atoms with van der Waals surface area (Å²) in [4.78, 5) is 21.1. The van der Waals surface area contributed by atoms with Crippen LogP contribution in [0.4, 0.5) is 11.4 Å². The molecular weight excluding hydrogens is 196 g/mol. The van der Waals surface area contributed by atoms with E-state index in [1.54, 1.807) is 19.9 Å². The van der Waals surface area contributed by atoms with Crippen molar-refractivity contribution >= 4 is 17.3 Å². The molecule has 1 aromatic rings. The number of carbonyl (C=O) groups is 1. The predicted octanol–water partition coefficient (Wildman–Crippen LogP) is 2.17. The number of nitrogens with one attached hydrogen (secondary N) is 1. The summed E-state index contributed by atoms with van der Waals surface area (Å²) in [6.07, 6.45) is 0. The number of hydrogen-bond acceptors (Lipinski definition) is 3. The van der Waals surface area contributed by atoms with Gasteiger partial charge in [-0.3, -0.25) is 14.9 Å². The van der Waals surface area contributed by atoms with Gasteiger partial charge in [-0.05, 0) is 25.5 Å². The van der Waals surface area contributed by atoms with Crippen LogP contribution in [0.1, 0.15) is 18.1 Å². The Labute approximate surface area is 87.3 Å². The Balaban J connectivity index is 3.23. The number of aryl methyl sites for hydroxylation is 2. The zero-order valence-electron chi connectivity index (χ0n) is 8.83. The van der Waals surface area contributed by atoms with E-state index in [-0.39, 0.29) is 11.6 Å². The van der Waals surface area contributed by atoms with Crippen molar-refractivity contribution in [2.24, 2.45) is 0 Å². The van der Waals surface area contributed by atoms with E-state index < -0.39 is 4.92 Å². The molecule has 0 atom stereocenters. The van der Waals surface area contributed by atoms with Crippen molar-refractivity contribution < 1.29 is 9.72 Å². The SMILES string of the molecule is CC(=O)Nc1cc([N+](=O)[O-])c(C)cc1C. The minimum Gasteiger partial charge on any atom is -0.326 e. The molecule has 1 rings (SSSR count). The van der Waals surface area contributed by atoms with E-state index >= 15 is 0 Å². The number of benzene rings is 1. The second-order valence-electron chi connectivity index (χ2n) is 3.39. The van der Waals surface area contributed by atoms with Crippen molar-refractivity contribution in [1.29, 1.82) is 0 Å². The lowest BCUT2D eigenvalue weighted by molar-refractivity contribution is -0.385. The zero-order valence-corrected chi connectivity index (χ0v) is 8.83. The van der Waals surface area contributed by atoms with Crippen molar-refractivity contribution in [3.8, 4) is 0 Å². The van der Waals surface area contributed by atoms with Crippen LogP contribution in [0, 0.1) is 24.0 Å². The number of nitro benzene ring substituents is 1. The van der Waals surface area contributed by atoms with Gasteiger partial charge in [0.25, 0.3) is 5.69 Å². The van der Waals surface area contributed by atoms with Gasteiger partial charge in [-0.25, -0.2) is 0 Å². The highest BCUT2D eigenvalue weighted by Gasteiger charge is 2.13. The topological polar surface area (TPSA) is 72.2 Å². The lowest BCUT2D eigenvalue weighted by atomic mass is 10.1. The predicted molar refractivity (Wildman–Crippen MR) is 56.9 cm³/mol. The maximum atomic E-state index is 10.9. The highest BCUT2D eigenvalue weighted by Crippen LogP contribution is 2.26. The second-order valence-corrected chi connectivity index (χ2v) is 3.39. The number of nitrogens with zero attached hydrogens (tertiary/aromatic N) is 1. The molecule has 0 aliphatic carbocycles. The van der Waals surface area contributed by atoms with Gasteiger partial charge in [-0.1, -0.05) is 0 Å². The molecule has 0 bridgehead atoms. The highest BCUT2D eigenvalue weighted by atomic mass is 16.6. The Hall–Kier alpha value is -1.91. The zero-order chi connectivity index (χ0) is 11.6. The third-order valence-corrected chi connectivity index (χ3v) is 2.05. The average Bonchev–Trinajstić information content (AvgIpc) is 2.08. The molecule has 1 aromatic carbocycles. The Kier molecular flexibility index (Phi) is 3.04. The van der Waals surface area contributed by atoms with Gasteiger partial charge in [0.1, 0.15) is 0 Å². The van der Waals surface area contributed by atoms with Gasteiger partial charge in [0, 0.05) is 18.6 Å². The highest BCUT2D eigenvalue weighted by molar-refractivity contribution is 5.90. The fourth-order valence-electron chi connectivity index (χ4n) is 1.36. The molecule has 80 valence electrons. The van der Waals surface area contributed by atoms with Gasteiger partial charge in [0.05, 0.1) is 10.6 Å². The van der Waals surface area contributed by atoms with Crippen LogP contribution in [-0.2, 0) is 4.79 Å². The average molecular weight is 208 g/mol. The molecule has 0 saturated carbocycles. The summed E-state index contributed by atoms with van der Waals surface area (Å²) in [5.41, 5.74) is 1.91. The van der Waals surface area contributed by atoms with Gasteiger partial charge in [-0.15, -0.1) is 0 Å². The van der Waals surface area contributed by atoms with Crippen molar-refractivity contribution in [2.75, 3.05) is 5.32 Å². The molecule has 0 fully saturated rings. The number of rotatable bonds is 2. The summed E-state index contributed by atoms with van der Waals surface area (Å²) >= 11 is 0. The molecule has 0 aromatic heterocycles. The van der Waals surface area contributed by atoms with Crippen LogP contribution in [-0.4, -0.2) is 10.8 Å². The van der Waals surface area contributed by atoms with E-state index in [1.807, 2.05) is 0 Å². The Bertz CT molecular complexity index is 427. The molecule has 5 heteroatoms. The van der Waals surface area contributed by atoms with Gasteiger partial charge in [0.2, 0.25) is 5.91 Å². The van der Waals surface area contributed by atoms with E-state index in [4.69, 9.17) is 0 Å². The van der Waals surface area contributed by atoms with Gasteiger partial charge in [0.15, 0.2) is 0 Å². The Morgan fingerprint density at radius 1 is 1.33 bits per heavy atom. The summed E-state index contributed by atoms with van der Waals surface area (Å²) in [5.74, 6) is -0.240. The van der Waals surface area contributed by atoms with Gasteiger partial charge >= 0.3 is 0 Å².